The van der Waals surface area contributed by atoms with Crippen molar-refractivity contribution < 1.29 is 4.79 Å². The summed E-state index contributed by atoms with van der Waals surface area (Å²) in [5.74, 6) is 0.641. The van der Waals surface area contributed by atoms with E-state index in [0.29, 0.717) is 10.6 Å². The molecule has 158 valence electrons. The first kappa shape index (κ1) is 19.8. The first-order chi connectivity index (χ1) is 15.1. The summed E-state index contributed by atoms with van der Waals surface area (Å²) >= 11 is 6.07. The van der Waals surface area contributed by atoms with Gasteiger partial charge in [-0.25, -0.2) is 9.97 Å². The lowest BCUT2D eigenvalue weighted by Crippen LogP contribution is -2.45. The van der Waals surface area contributed by atoms with Gasteiger partial charge in [0.15, 0.2) is 0 Å². The van der Waals surface area contributed by atoms with Gasteiger partial charge in [-0.2, -0.15) is 0 Å². The Morgan fingerprint density at radius 1 is 0.968 bits per heavy atom. The molecule has 3 heterocycles. The highest BCUT2D eigenvalue weighted by Crippen LogP contribution is 2.36. The molecule has 0 radical (unpaired) electrons. The Morgan fingerprint density at radius 3 is 2.35 bits per heavy atom. The second-order valence-corrected chi connectivity index (χ2v) is 8.29. The number of likely N-dealkylation sites (N-methyl/N-ethyl adjacent to an activating group) is 1. The predicted octanol–water partition coefficient (Wildman–Crippen LogP) is 3.65. The van der Waals surface area contributed by atoms with Crippen LogP contribution in [-0.4, -0.2) is 54.0 Å². The highest BCUT2D eigenvalue weighted by Gasteiger charge is 2.34. The molecule has 2 aromatic carbocycles. The van der Waals surface area contributed by atoms with E-state index in [0.717, 1.165) is 49.1 Å². The summed E-state index contributed by atoms with van der Waals surface area (Å²) in [7, 11) is 2.12. The van der Waals surface area contributed by atoms with E-state index in [1.54, 1.807) is 17.0 Å². The van der Waals surface area contributed by atoms with Crippen LogP contribution >= 0.6 is 11.6 Å². The maximum absolute atomic E-state index is 13.4. The van der Waals surface area contributed by atoms with Crippen LogP contribution in [0.4, 0.5) is 17.3 Å². The number of hydrogen-bond acceptors (Lipinski definition) is 6. The second-order valence-electron chi connectivity index (χ2n) is 7.85. The number of benzene rings is 2. The van der Waals surface area contributed by atoms with Crippen LogP contribution in [0.2, 0.25) is 5.02 Å². The van der Waals surface area contributed by atoms with Crippen LogP contribution in [0.3, 0.4) is 0 Å². The standard InChI is InChI=1S/C23H23ClN6O/c1-28-10-12-29(13-11-28)23-25-14-16(15-26-23)21-27-20-5-3-2-4-19(20)22(31)30(21)18-8-6-17(24)7-9-18/h2-9,14-15,21,27H,10-13H2,1H3. The molecule has 2 aliphatic rings. The fraction of sp³-hybridized carbons (Fsp3) is 0.261. The average molecular weight is 435 g/mol. The van der Waals surface area contributed by atoms with Crippen LogP contribution in [0.5, 0.6) is 0 Å². The van der Waals surface area contributed by atoms with Gasteiger partial charge in [-0.1, -0.05) is 23.7 Å². The van der Waals surface area contributed by atoms with E-state index in [4.69, 9.17) is 11.6 Å². The molecule has 1 amide bonds. The number of fused-ring (bicyclic) bond motifs is 1. The van der Waals surface area contributed by atoms with Gasteiger partial charge in [-0.15, -0.1) is 0 Å². The molecule has 0 saturated carbocycles. The minimum absolute atomic E-state index is 0.0789. The molecule has 0 aliphatic carbocycles. The summed E-state index contributed by atoms with van der Waals surface area (Å²) in [6, 6.07) is 14.8. The molecular weight excluding hydrogens is 412 g/mol. The van der Waals surface area contributed by atoms with Gasteiger partial charge >= 0.3 is 0 Å². The summed E-state index contributed by atoms with van der Waals surface area (Å²) in [4.78, 5) is 28.9. The van der Waals surface area contributed by atoms with Crippen molar-refractivity contribution in [2.45, 2.75) is 6.17 Å². The number of amides is 1. The molecule has 3 aromatic rings. The van der Waals surface area contributed by atoms with Crippen molar-refractivity contribution >= 4 is 34.8 Å². The summed E-state index contributed by atoms with van der Waals surface area (Å²) in [5.41, 5.74) is 3.00. The largest absolute Gasteiger partial charge is 0.360 e. The molecule has 0 spiro atoms. The number of carbonyl (C=O) groups excluding carboxylic acids is 1. The number of halogens is 1. The van der Waals surface area contributed by atoms with Gasteiger partial charge in [0.2, 0.25) is 5.95 Å². The smallest absolute Gasteiger partial charge is 0.262 e. The fourth-order valence-electron chi connectivity index (χ4n) is 4.00. The van der Waals surface area contributed by atoms with Gasteiger partial charge in [-0.3, -0.25) is 9.69 Å². The minimum atomic E-state index is -0.426. The van der Waals surface area contributed by atoms with Crippen LogP contribution in [0.15, 0.2) is 60.9 Å². The molecule has 5 rings (SSSR count). The highest BCUT2D eigenvalue weighted by molar-refractivity contribution is 6.30. The fourth-order valence-corrected chi connectivity index (χ4v) is 4.12. The summed E-state index contributed by atoms with van der Waals surface area (Å²) in [6.45, 7) is 3.79. The van der Waals surface area contributed by atoms with Crippen LogP contribution in [0.1, 0.15) is 22.1 Å². The lowest BCUT2D eigenvalue weighted by Gasteiger charge is -2.38. The number of nitrogens with one attached hydrogen (secondary N) is 1. The van der Waals surface area contributed by atoms with E-state index >= 15 is 0 Å². The van der Waals surface area contributed by atoms with Crippen molar-refractivity contribution in [2.24, 2.45) is 0 Å². The maximum atomic E-state index is 13.4. The van der Waals surface area contributed by atoms with Crippen LogP contribution in [0, 0.1) is 0 Å². The molecule has 1 aromatic heterocycles. The van der Waals surface area contributed by atoms with E-state index in [1.807, 2.05) is 48.8 Å². The minimum Gasteiger partial charge on any atom is -0.360 e. The summed E-state index contributed by atoms with van der Waals surface area (Å²) in [5, 5.41) is 4.11. The quantitative estimate of drug-likeness (QED) is 0.678. The Bertz CT molecular complexity index is 1080. The number of aromatic nitrogens is 2. The van der Waals surface area contributed by atoms with Gasteiger partial charge in [0.05, 0.1) is 5.56 Å². The number of rotatable bonds is 3. The van der Waals surface area contributed by atoms with E-state index in [-0.39, 0.29) is 5.91 Å². The van der Waals surface area contributed by atoms with Crippen molar-refractivity contribution in [1.82, 2.24) is 14.9 Å². The first-order valence-electron chi connectivity index (χ1n) is 10.3. The molecule has 1 N–H and O–H groups in total. The topological polar surface area (TPSA) is 64.6 Å². The van der Waals surface area contributed by atoms with Crippen LogP contribution in [-0.2, 0) is 0 Å². The molecular formula is C23H23ClN6O. The normalized spacial score (nSPS) is 19.2. The molecule has 0 bridgehead atoms. The Morgan fingerprint density at radius 2 is 1.65 bits per heavy atom. The number of piperazine rings is 1. The zero-order valence-corrected chi connectivity index (χ0v) is 18.0. The molecule has 1 atom stereocenters. The van der Waals surface area contributed by atoms with Crippen molar-refractivity contribution in [3.63, 3.8) is 0 Å². The third kappa shape index (κ3) is 3.82. The summed E-state index contributed by atoms with van der Waals surface area (Å²) < 4.78 is 0. The van der Waals surface area contributed by atoms with E-state index in [9.17, 15) is 4.79 Å². The van der Waals surface area contributed by atoms with Crippen LogP contribution < -0.4 is 15.1 Å². The molecule has 8 heteroatoms. The molecule has 1 unspecified atom stereocenters. The van der Waals surface area contributed by atoms with Gasteiger partial charge in [0.25, 0.3) is 5.91 Å². The first-order valence-corrected chi connectivity index (χ1v) is 10.7. The molecule has 1 saturated heterocycles. The third-order valence-corrected chi connectivity index (χ3v) is 6.04. The van der Waals surface area contributed by atoms with Crippen molar-refractivity contribution in [3.8, 4) is 0 Å². The number of carbonyl (C=O) groups is 1. The molecule has 7 nitrogen and oxygen atoms in total. The Balaban J connectivity index is 1.49. The molecule has 2 aliphatic heterocycles. The van der Waals surface area contributed by atoms with Crippen LogP contribution in [0.25, 0.3) is 0 Å². The number of para-hydroxylation sites is 1. The highest BCUT2D eigenvalue weighted by atomic mass is 35.5. The zero-order chi connectivity index (χ0) is 21.4. The third-order valence-electron chi connectivity index (χ3n) is 5.79. The average Bonchev–Trinajstić information content (AvgIpc) is 2.80. The monoisotopic (exact) mass is 434 g/mol. The van der Waals surface area contributed by atoms with E-state index in [1.165, 1.54) is 0 Å². The number of anilines is 3. The van der Waals surface area contributed by atoms with Gasteiger partial charge in [0, 0.05) is 60.5 Å². The van der Waals surface area contributed by atoms with Crippen molar-refractivity contribution in [2.75, 3.05) is 48.3 Å². The van der Waals surface area contributed by atoms with Crippen molar-refractivity contribution in [1.29, 1.82) is 0 Å². The molecule has 31 heavy (non-hydrogen) atoms. The number of hydrogen-bond donors (Lipinski definition) is 1. The summed E-state index contributed by atoms with van der Waals surface area (Å²) in [6.07, 6.45) is 3.19. The van der Waals surface area contributed by atoms with E-state index < -0.39 is 6.17 Å². The Kier molecular flexibility index (Phi) is 5.21. The SMILES string of the molecule is CN1CCN(c2ncc(C3Nc4ccccc4C(=O)N3c3ccc(Cl)cc3)cn2)CC1. The second kappa shape index (κ2) is 8.17. The molecule has 1 fully saturated rings. The Hall–Kier alpha value is -3.16. The van der Waals surface area contributed by atoms with E-state index in [2.05, 4.69) is 32.1 Å². The lowest BCUT2D eigenvalue weighted by molar-refractivity contribution is 0.0975. The van der Waals surface area contributed by atoms with Gasteiger partial charge in [-0.05, 0) is 43.4 Å². The lowest BCUT2D eigenvalue weighted by atomic mass is 10.0. The van der Waals surface area contributed by atoms with Gasteiger partial charge in [0.1, 0.15) is 6.17 Å². The van der Waals surface area contributed by atoms with Crippen molar-refractivity contribution in [3.05, 3.63) is 77.1 Å². The van der Waals surface area contributed by atoms with Gasteiger partial charge < -0.3 is 15.1 Å². The predicted molar refractivity (Wildman–Crippen MR) is 123 cm³/mol. The maximum Gasteiger partial charge on any atom is 0.262 e. The number of nitrogens with zero attached hydrogens (tertiary/aromatic N) is 5. The zero-order valence-electron chi connectivity index (χ0n) is 17.2. The Labute approximate surface area is 186 Å².